The maximum Gasteiger partial charge on any atom is 1.00 e. The number of pyridine rings is 2. The summed E-state index contributed by atoms with van der Waals surface area (Å²) in [6, 6.07) is 55.1. The number of para-hydroxylation sites is 2. The molecular weight excluding hydrogens is 976 g/mol. The van der Waals surface area contributed by atoms with Crippen LogP contribution in [0, 0.1) is 6.07 Å². The molecule has 7 aromatic rings. The average Bonchev–Trinajstić information content (AvgIpc) is 3.37. The van der Waals surface area contributed by atoms with E-state index in [9.17, 15) is 0 Å². The summed E-state index contributed by atoms with van der Waals surface area (Å²) in [6.07, 6.45) is 6.47. The number of anilines is 2. The van der Waals surface area contributed by atoms with Gasteiger partial charge >= 0.3 is 18.9 Å². The van der Waals surface area contributed by atoms with Gasteiger partial charge < -0.3 is 16.0 Å². The molecule has 3 atom stereocenters. The predicted octanol–water partition coefficient (Wildman–Crippen LogP) is 15.0. The van der Waals surface area contributed by atoms with E-state index in [0.29, 0.717) is 29.8 Å². The molecule has 75 heavy (non-hydrogen) atoms. The molecule has 4 heterocycles. The van der Waals surface area contributed by atoms with Crippen LogP contribution in [0.1, 0.15) is 178 Å². The van der Waals surface area contributed by atoms with E-state index in [1.54, 1.807) is 0 Å². The van der Waals surface area contributed by atoms with Crippen molar-refractivity contribution in [2.24, 2.45) is 4.99 Å². The van der Waals surface area contributed by atoms with E-state index >= 15 is 0 Å². The molecule has 0 fully saturated rings. The van der Waals surface area contributed by atoms with Gasteiger partial charge in [0, 0.05) is 50.8 Å². The molecule has 5 aromatic carbocycles. The van der Waals surface area contributed by atoms with E-state index in [1.807, 2.05) is 36.5 Å². The van der Waals surface area contributed by atoms with Gasteiger partial charge in [-0.05, 0) is 157 Å². The minimum Gasteiger partial charge on any atom is -0.382 e. The van der Waals surface area contributed by atoms with Crippen molar-refractivity contribution in [3.63, 3.8) is 0 Å². The van der Waals surface area contributed by atoms with Crippen LogP contribution in [0.5, 0.6) is 0 Å². The average molecular weight is 1060 g/mol. The normalized spacial score (nSPS) is 15.3. The van der Waals surface area contributed by atoms with Gasteiger partial charge in [0.05, 0.1) is 34.4 Å². The molecule has 2 aliphatic heterocycles. The summed E-state index contributed by atoms with van der Waals surface area (Å²) in [6.45, 7) is 30.7. The fraction of sp³-hybridized carbons (Fsp3) is 0.388. The Morgan fingerprint density at radius 1 is 0.587 bits per heavy atom. The van der Waals surface area contributed by atoms with Crippen LogP contribution in [0.3, 0.4) is 0 Å². The zero-order valence-corrected chi connectivity index (χ0v) is 49.5. The van der Waals surface area contributed by atoms with E-state index in [0.717, 1.165) is 35.6 Å². The van der Waals surface area contributed by atoms with Crippen molar-refractivity contribution in [3.05, 3.63) is 201 Å². The van der Waals surface area contributed by atoms with Crippen molar-refractivity contribution in [1.82, 2.24) is 15.3 Å². The minimum absolute atomic E-state index is 0. The van der Waals surface area contributed by atoms with Crippen molar-refractivity contribution in [2.45, 2.75) is 170 Å². The van der Waals surface area contributed by atoms with Gasteiger partial charge in [0.15, 0.2) is 0 Å². The first-order valence-corrected chi connectivity index (χ1v) is 27.8. The molecule has 3 N–H and O–H groups in total. The number of halogens is 1. The van der Waals surface area contributed by atoms with Crippen LogP contribution in [0.2, 0.25) is 0 Å². The summed E-state index contributed by atoms with van der Waals surface area (Å²) in [5, 5.41) is 11.2. The Bertz CT molecular complexity index is 2890. The van der Waals surface area contributed by atoms with Gasteiger partial charge in [-0.15, -0.1) is 0 Å². The molecule has 8 heteroatoms. The Morgan fingerprint density at radius 2 is 1.09 bits per heavy atom. The van der Waals surface area contributed by atoms with Crippen molar-refractivity contribution >= 4 is 33.5 Å². The largest absolute Gasteiger partial charge is 1.00 e. The van der Waals surface area contributed by atoms with Crippen LogP contribution in [0.25, 0.3) is 22.5 Å². The number of aliphatic imine (C=N–C) groups is 1. The number of hydrogen-bond donors (Lipinski definition) is 3. The predicted molar refractivity (Wildman–Crippen MR) is 322 cm³/mol. The van der Waals surface area contributed by atoms with Crippen LogP contribution in [0.4, 0.5) is 11.4 Å². The van der Waals surface area contributed by atoms with Crippen LogP contribution < -0.4 is 34.8 Å². The van der Waals surface area contributed by atoms with Crippen LogP contribution in [0.15, 0.2) is 155 Å². The third-order valence-electron chi connectivity index (χ3n) is 13.1. The van der Waals surface area contributed by atoms with E-state index < -0.39 is 0 Å². The third kappa shape index (κ3) is 18.2. The van der Waals surface area contributed by atoms with E-state index in [2.05, 4.69) is 255 Å². The Morgan fingerprint density at radius 3 is 1.57 bits per heavy atom. The van der Waals surface area contributed by atoms with Gasteiger partial charge in [-0.25, -0.2) is 4.98 Å². The number of aryl methyl sites for hydroxylation is 2. The Balaban J connectivity index is 0.000000209. The van der Waals surface area contributed by atoms with E-state index in [1.165, 1.54) is 73.2 Å². The summed E-state index contributed by atoms with van der Waals surface area (Å²) >= 11 is 3.50. The topological polar surface area (TPSA) is 74.2 Å². The summed E-state index contributed by atoms with van der Waals surface area (Å²) in [5.41, 5.74) is 16.9. The van der Waals surface area contributed by atoms with Crippen molar-refractivity contribution in [3.8, 4) is 22.5 Å². The van der Waals surface area contributed by atoms with Crippen molar-refractivity contribution < 1.29 is 18.9 Å². The maximum absolute atomic E-state index is 5.23. The smallest absolute Gasteiger partial charge is 0.382 e. The second kappa shape index (κ2) is 28.2. The first-order chi connectivity index (χ1) is 35.2. The number of nitrogens with one attached hydrogen (secondary N) is 3. The monoisotopic (exact) mass is 1060 g/mol. The molecule has 0 bridgehead atoms. The van der Waals surface area contributed by atoms with Crippen molar-refractivity contribution in [2.75, 3.05) is 10.6 Å². The zero-order valence-electron chi connectivity index (χ0n) is 47.9. The number of hydrogen-bond acceptors (Lipinski definition) is 6. The summed E-state index contributed by atoms with van der Waals surface area (Å²) < 4.78 is 1.21. The molecule has 0 radical (unpaired) electrons. The standard InChI is InChI=1S/C29H37N3.C20H25N3.C9H11Br.C9H11.Li/c1-19(2)22-12-7-8-13-23(22)28(32-29(4,5)6)26-16-10-15-25(31-26)24-14-9-11-21-18-17-20(3)30-27(21)24;1-14-11-12-15-7-5-9-17(19(15)22-14)18-10-6-8-16(23-18)13-21-20(2,3)4;1-7(2)8-5-3-4-6-9(8)10;1-8(2)9-6-4-3-5-7-9;/h7-16,19-20,28,30,32H,17-18H2,1-6H3;5-10,13-14,22H,11-12H2,1-4H3;3-7H,1-2H3;3-6,8H,1-2H3;/q;;;-1;+1. The fourth-order valence-corrected chi connectivity index (χ4v) is 9.96. The molecule has 0 spiro atoms. The van der Waals surface area contributed by atoms with Gasteiger partial charge in [0.25, 0.3) is 0 Å². The summed E-state index contributed by atoms with van der Waals surface area (Å²) in [4.78, 5) is 14.6. The van der Waals surface area contributed by atoms with Gasteiger partial charge in [-0.1, -0.05) is 148 Å². The Labute approximate surface area is 473 Å². The van der Waals surface area contributed by atoms with Crippen LogP contribution in [-0.2, 0) is 12.8 Å². The van der Waals surface area contributed by atoms with Gasteiger partial charge in [0.1, 0.15) is 0 Å². The van der Waals surface area contributed by atoms with E-state index in [-0.39, 0.29) is 36.0 Å². The summed E-state index contributed by atoms with van der Waals surface area (Å²) in [7, 11) is 0. The second-order valence-electron chi connectivity index (χ2n) is 22.9. The number of benzene rings is 5. The fourth-order valence-electron chi connectivity index (χ4n) is 9.21. The first-order valence-electron chi connectivity index (χ1n) is 27.0. The summed E-state index contributed by atoms with van der Waals surface area (Å²) in [5.74, 6) is 1.66. The van der Waals surface area contributed by atoms with Crippen LogP contribution in [-0.4, -0.2) is 39.3 Å². The molecule has 390 valence electrons. The van der Waals surface area contributed by atoms with Gasteiger partial charge in [-0.3, -0.25) is 9.98 Å². The van der Waals surface area contributed by atoms with Crippen LogP contribution >= 0.6 is 15.9 Å². The number of rotatable bonds is 9. The molecule has 9 rings (SSSR count). The number of nitrogens with zero attached hydrogens (tertiary/aromatic N) is 3. The SMILES string of the molecule is CC(C)c1[c-]cccc1.CC(C)c1ccccc1Br.CC1CCc2cccc(-c3cccc(C(NC(C)(C)C)c4ccccc4C(C)C)n3)c2N1.CC1CCc2cccc(-c3cccc(C=NC(C)(C)C)n3)c2N1.[Li+]. The molecule has 0 saturated heterocycles. The molecule has 2 aliphatic rings. The second-order valence-corrected chi connectivity index (χ2v) is 23.8. The van der Waals surface area contributed by atoms with E-state index in [4.69, 9.17) is 9.97 Å². The first kappa shape index (κ1) is 60.6. The third-order valence-corrected chi connectivity index (χ3v) is 13.9. The molecule has 0 aliphatic carbocycles. The minimum atomic E-state index is -0.0828. The Hall–Kier alpha value is -5.29. The molecule has 3 unspecified atom stereocenters. The van der Waals surface area contributed by atoms with Gasteiger partial charge in [0.2, 0.25) is 0 Å². The molecule has 6 nitrogen and oxygen atoms in total. The number of aromatic nitrogens is 2. The zero-order chi connectivity index (χ0) is 53.6. The molecule has 0 amide bonds. The molecule has 2 aromatic heterocycles. The maximum atomic E-state index is 5.23. The number of fused-ring (bicyclic) bond motifs is 2. The molecular formula is C67H84BrLiN6. The quantitative estimate of drug-likeness (QED) is 0.0763. The Kier molecular flexibility index (Phi) is 22.8. The van der Waals surface area contributed by atoms with Gasteiger partial charge in [-0.2, -0.15) is 35.9 Å². The van der Waals surface area contributed by atoms with Crippen molar-refractivity contribution in [1.29, 1.82) is 0 Å². The molecule has 0 saturated carbocycles.